The van der Waals surface area contributed by atoms with E-state index in [1.807, 2.05) is 6.92 Å². The molecule has 2 atom stereocenters. The molecule has 0 bridgehead atoms. The number of rotatable bonds is 8. The summed E-state index contributed by atoms with van der Waals surface area (Å²) in [5.74, 6) is -2.09. The van der Waals surface area contributed by atoms with Gasteiger partial charge in [-0.3, -0.25) is 14.6 Å². The van der Waals surface area contributed by atoms with Crippen LogP contribution in [0.5, 0.6) is 11.5 Å². The summed E-state index contributed by atoms with van der Waals surface area (Å²) in [5.41, 5.74) is 0.681. The number of hydrogen-bond donors (Lipinski definition) is 3. The first-order chi connectivity index (χ1) is 21.2. The Kier molecular flexibility index (Phi) is 7.18. The number of aromatic nitrogens is 2. The van der Waals surface area contributed by atoms with Gasteiger partial charge in [0.15, 0.2) is 0 Å². The highest BCUT2D eigenvalue weighted by molar-refractivity contribution is 6.00. The predicted molar refractivity (Wildman–Crippen MR) is 154 cm³/mol. The zero-order valence-corrected chi connectivity index (χ0v) is 24.2. The lowest BCUT2D eigenvalue weighted by atomic mass is 9.81. The van der Waals surface area contributed by atoms with Gasteiger partial charge >= 0.3 is 6.18 Å². The maximum atomic E-state index is 14.8. The van der Waals surface area contributed by atoms with Crippen LogP contribution in [0.2, 0.25) is 0 Å². The molecule has 0 spiro atoms. The van der Waals surface area contributed by atoms with Gasteiger partial charge in [-0.25, -0.2) is 9.37 Å². The molecule has 234 valence electrons. The van der Waals surface area contributed by atoms with E-state index in [1.165, 1.54) is 31.2 Å². The first-order valence-electron chi connectivity index (χ1n) is 14.1. The molecule has 2 aromatic heterocycles. The van der Waals surface area contributed by atoms with Crippen molar-refractivity contribution in [2.24, 2.45) is 5.73 Å². The lowest BCUT2D eigenvalue weighted by Gasteiger charge is -2.31. The summed E-state index contributed by atoms with van der Waals surface area (Å²) < 4.78 is 69.6. The van der Waals surface area contributed by atoms with E-state index in [9.17, 15) is 32.3 Å². The third kappa shape index (κ3) is 5.41. The van der Waals surface area contributed by atoms with Crippen molar-refractivity contribution < 1.29 is 41.7 Å². The average Bonchev–Trinajstić information content (AvgIpc) is 3.74. The Labute approximate surface area is 254 Å². The third-order valence-corrected chi connectivity index (χ3v) is 8.10. The zero-order chi connectivity index (χ0) is 32.3. The van der Waals surface area contributed by atoms with Gasteiger partial charge < -0.3 is 25.6 Å². The van der Waals surface area contributed by atoms with E-state index >= 15 is 0 Å². The van der Waals surface area contributed by atoms with Gasteiger partial charge in [0.05, 0.1) is 18.3 Å². The summed E-state index contributed by atoms with van der Waals surface area (Å²) in [7, 11) is 0. The molecule has 4 N–H and O–H groups in total. The summed E-state index contributed by atoms with van der Waals surface area (Å²) in [5, 5.41) is 14.1. The molecular weight excluding hydrogens is 596 g/mol. The van der Waals surface area contributed by atoms with Gasteiger partial charge in [0.2, 0.25) is 11.5 Å². The van der Waals surface area contributed by atoms with Crippen molar-refractivity contribution in [3.63, 3.8) is 0 Å². The lowest BCUT2D eigenvalue weighted by molar-refractivity contribution is -0.265. The Morgan fingerprint density at radius 2 is 1.87 bits per heavy atom. The number of primary amides is 1. The number of nitrogens with zero attached hydrogens (tertiary/aromatic N) is 2. The van der Waals surface area contributed by atoms with Crippen molar-refractivity contribution in [2.45, 2.75) is 50.0 Å². The van der Waals surface area contributed by atoms with Crippen LogP contribution < -0.4 is 20.5 Å². The van der Waals surface area contributed by atoms with E-state index in [-0.39, 0.29) is 40.8 Å². The number of nitrogens with two attached hydrogens (primary N) is 1. The van der Waals surface area contributed by atoms with Crippen LogP contribution in [-0.2, 0) is 15.8 Å². The second kappa shape index (κ2) is 10.7. The number of ether oxygens (including phenoxy) is 2. The van der Waals surface area contributed by atoms with Crippen molar-refractivity contribution in [3.05, 3.63) is 82.9 Å². The van der Waals surface area contributed by atoms with Gasteiger partial charge in [-0.2, -0.15) is 13.2 Å². The van der Waals surface area contributed by atoms with Crippen LogP contribution in [-0.4, -0.2) is 52.3 Å². The van der Waals surface area contributed by atoms with Crippen LogP contribution in [0, 0.1) is 12.7 Å². The van der Waals surface area contributed by atoms with Crippen molar-refractivity contribution in [1.82, 2.24) is 15.3 Å². The number of nitrogens with one attached hydrogen (secondary N) is 1. The fourth-order valence-corrected chi connectivity index (χ4v) is 5.16. The number of carbonyl (C=O) groups is 2. The highest BCUT2D eigenvalue weighted by Gasteiger charge is 2.57. The molecule has 13 heteroatoms. The van der Waals surface area contributed by atoms with Crippen molar-refractivity contribution in [1.29, 1.82) is 0 Å². The molecule has 0 saturated heterocycles. The van der Waals surface area contributed by atoms with E-state index in [1.54, 1.807) is 12.3 Å². The summed E-state index contributed by atoms with van der Waals surface area (Å²) in [6.07, 6.45) is -2.09. The molecule has 1 fully saturated rings. The minimum atomic E-state index is -5.35. The second-order valence-electron chi connectivity index (χ2n) is 11.6. The van der Waals surface area contributed by atoms with E-state index in [0.717, 1.165) is 36.6 Å². The van der Waals surface area contributed by atoms with E-state index in [4.69, 9.17) is 15.2 Å². The minimum Gasteiger partial charge on any atom is -0.489 e. The molecule has 2 amide bonds. The van der Waals surface area contributed by atoms with Crippen LogP contribution in [0.1, 0.15) is 46.9 Å². The number of benzene rings is 2. The largest absolute Gasteiger partial charge is 0.489 e. The minimum absolute atomic E-state index is 0.00121. The lowest BCUT2D eigenvalue weighted by Crippen LogP contribution is -2.51. The Morgan fingerprint density at radius 1 is 1.16 bits per heavy atom. The topological polar surface area (TPSA) is 137 Å². The van der Waals surface area contributed by atoms with Gasteiger partial charge in [0.25, 0.3) is 5.91 Å². The Hall–Kier alpha value is -4.78. The molecule has 2 aromatic carbocycles. The molecule has 1 aliphatic carbocycles. The number of aryl methyl sites for hydroxylation is 1. The Morgan fingerprint density at radius 3 is 2.51 bits per heavy atom. The predicted octanol–water partition coefficient (Wildman–Crippen LogP) is 4.60. The number of fused-ring (bicyclic) bond motifs is 2. The van der Waals surface area contributed by atoms with Crippen LogP contribution in [0.25, 0.3) is 22.2 Å². The maximum absolute atomic E-state index is 14.8. The highest BCUT2D eigenvalue weighted by Crippen LogP contribution is 2.47. The van der Waals surface area contributed by atoms with E-state index in [2.05, 4.69) is 15.3 Å². The van der Waals surface area contributed by atoms with Crippen LogP contribution >= 0.6 is 0 Å². The molecule has 4 aromatic rings. The van der Waals surface area contributed by atoms with Crippen LogP contribution in [0.3, 0.4) is 0 Å². The normalized spacial score (nSPS) is 19.0. The number of amides is 2. The monoisotopic (exact) mass is 624 g/mol. The summed E-state index contributed by atoms with van der Waals surface area (Å²) >= 11 is 0. The van der Waals surface area contributed by atoms with Gasteiger partial charge in [-0.1, -0.05) is 0 Å². The van der Waals surface area contributed by atoms with Crippen LogP contribution in [0.15, 0.2) is 54.7 Å². The maximum Gasteiger partial charge on any atom is 0.424 e. The standard InChI is InChI=1S/C32H28F4N4O5/c1-16-9-18-10-19(11-23(25(18)38-13-16)45-21-7-8-21)28(41)39-14-31(43,32(34,35)36)24-12-22-27(44-15-30(22,2)29(37)42)26(40-24)17-3-5-20(33)6-4-17/h3-6,9-13,21,43H,7-8,14-15H2,1-2H3,(H2,37,42)(H,39,41)/t30-,31?/m0/s1. The third-order valence-electron chi connectivity index (χ3n) is 8.10. The van der Waals surface area contributed by atoms with Gasteiger partial charge in [0, 0.05) is 28.3 Å². The molecule has 1 unspecified atom stereocenters. The SMILES string of the molecule is Cc1cnc2c(OC3CC3)cc(C(=O)NCC(O)(c3cc4c(c(-c5ccc(F)cc5)n3)OC[C@]4(C)C(N)=O)C(F)(F)F)cc2c1. The number of halogens is 4. The first kappa shape index (κ1) is 30.3. The number of hydrogen-bond acceptors (Lipinski definition) is 7. The fraction of sp³-hybridized carbons (Fsp3) is 0.312. The molecule has 1 saturated carbocycles. The molecule has 0 radical (unpaired) electrons. The fourth-order valence-electron chi connectivity index (χ4n) is 5.16. The van der Waals surface area contributed by atoms with Crippen LogP contribution in [0.4, 0.5) is 17.6 Å². The molecule has 6 rings (SSSR count). The van der Waals surface area contributed by atoms with Gasteiger partial charge in [0.1, 0.15) is 40.5 Å². The number of aliphatic hydroxyl groups is 1. The quantitative estimate of drug-likeness (QED) is 0.244. The number of pyridine rings is 2. The molecule has 9 nitrogen and oxygen atoms in total. The molecule has 2 aliphatic rings. The molecule has 3 heterocycles. The number of carbonyl (C=O) groups excluding carboxylic acids is 2. The van der Waals surface area contributed by atoms with E-state index < -0.39 is 47.1 Å². The Bertz CT molecular complexity index is 1840. The molecule has 1 aliphatic heterocycles. The summed E-state index contributed by atoms with van der Waals surface area (Å²) in [6.45, 7) is 1.58. The zero-order valence-electron chi connectivity index (χ0n) is 24.2. The molecular formula is C32H28F4N4O5. The Balaban J connectivity index is 1.40. The second-order valence-corrected chi connectivity index (χ2v) is 11.6. The van der Waals surface area contributed by atoms with Crippen molar-refractivity contribution in [3.8, 4) is 22.8 Å². The van der Waals surface area contributed by atoms with E-state index in [0.29, 0.717) is 16.7 Å². The summed E-state index contributed by atoms with van der Waals surface area (Å²) in [4.78, 5) is 34.3. The molecule has 45 heavy (non-hydrogen) atoms. The summed E-state index contributed by atoms with van der Waals surface area (Å²) in [6, 6.07) is 10.3. The van der Waals surface area contributed by atoms with Crippen molar-refractivity contribution >= 4 is 22.7 Å². The average molecular weight is 625 g/mol. The van der Waals surface area contributed by atoms with Gasteiger partial charge in [-0.15, -0.1) is 0 Å². The highest BCUT2D eigenvalue weighted by atomic mass is 19.4. The number of alkyl halides is 3. The van der Waals surface area contributed by atoms with Gasteiger partial charge in [-0.05, 0) is 80.8 Å². The van der Waals surface area contributed by atoms with Crippen molar-refractivity contribution in [2.75, 3.05) is 13.2 Å². The first-order valence-corrected chi connectivity index (χ1v) is 14.1. The smallest absolute Gasteiger partial charge is 0.424 e.